The van der Waals surface area contributed by atoms with Crippen molar-refractivity contribution in [3.8, 4) is 5.75 Å². The Balaban J connectivity index is 1.66. The Morgan fingerprint density at radius 1 is 1.03 bits per heavy atom. The molecule has 2 aromatic heterocycles. The molecule has 33 heavy (non-hydrogen) atoms. The van der Waals surface area contributed by atoms with Crippen LogP contribution in [-0.4, -0.2) is 29.9 Å². The molecule has 174 valence electrons. The molecule has 0 aliphatic heterocycles. The van der Waals surface area contributed by atoms with Gasteiger partial charge in [-0.1, -0.05) is 49.6 Å². The van der Waals surface area contributed by atoms with Crippen LogP contribution in [-0.2, 0) is 22.6 Å². The lowest BCUT2D eigenvalue weighted by Crippen LogP contribution is -2.47. The van der Waals surface area contributed by atoms with Gasteiger partial charge in [-0.2, -0.15) is 0 Å². The summed E-state index contributed by atoms with van der Waals surface area (Å²) in [7, 11) is 1.63. The van der Waals surface area contributed by atoms with Crippen molar-refractivity contribution in [1.82, 2.24) is 10.2 Å². The molecule has 1 aliphatic carbocycles. The lowest BCUT2D eigenvalue weighted by atomic mass is 9.95. The molecule has 1 aliphatic rings. The van der Waals surface area contributed by atoms with Crippen molar-refractivity contribution >= 4 is 34.5 Å². The van der Waals surface area contributed by atoms with Crippen LogP contribution in [0.15, 0.2) is 59.3 Å². The van der Waals surface area contributed by atoms with Crippen LogP contribution in [0.2, 0.25) is 0 Å². The number of hydrogen-bond acceptors (Lipinski definition) is 5. The number of methoxy groups -OCH3 is 1. The maximum atomic E-state index is 13.7. The average Bonchev–Trinajstić information content (AvgIpc) is 3.54. The molecule has 3 aromatic rings. The Morgan fingerprint density at radius 3 is 2.48 bits per heavy atom. The standard InChI is InChI=1S/C26H30N2O3S2/c1-31-22-13-6-5-9-19(22)18-28(24(29)17-21-12-7-15-32-21)25(23-14-8-16-33-23)26(30)27-20-10-3-2-4-11-20/h5-9,12-16,20,25H,2-4,10-11,17-18H2,1H3,(H,27,30)/t25-/m1/s1. The molecule has 0 unspecified atom stereocenters. The van der Waals surface area contributed by atoms with E-state index in [0.717, 1.165) is 41.0 Å². The third-order valence-electron chi connectivity index (χ3n) is 6.08. The van der Waals surface area contributed by atoms with Crippen LogP contribution in [0.25, 0.3) is 0 Å². The van der Waals surface area contributed by atoms with Crippen molar-refractivity contribution < 1.29 is 14.3 Å². The first kappa shape index (κ1) is 23.5. The molecule has 1 fully saturated rings. The fourth-order valence-corrected chi connectivity index (χ4v) is 5.93. The van der Waals surface area contributed by atoms with E-state index in [1.165, 1.54) is 17.8 Å². The van der Waals surface area contributed by atoms with Gasteiger partial charge in [-0.05, 0) is 41.8 Å². The van der Waals surface area contributed by atoms with E-state index in [4.69, 9.17) is 4.74 Å². The Hall–Kier alpha value is -2.64. The van der Waals surface area contributed by atoms with Gasteiger partial charge in [0.15, 0.2) is 0 Å². The highest BCUT2D eigenvalue weighted by Crippen LogP contribution is 2.31. The number of amides is 2. The van der Waals surface area contributed by atoms with Gasteiger partial charge in [-0.25, -0.2) is 0 Å². The van der Waals surface area contributed by atoms with E-state index in [0.29, 0.717) is 12.3 Å². The predicted octanol–water partition coefficient (Wildman–Crippen LogP) is 5.58. The molecule has 2 heterocycles. The van der Waals surface area contributed by atoms with E-state index in [1.54, 1.807) is 23.3 Å². The summed E-state index contributed by atoms with van der Waals surface area (Å²) in [6.07, 6.45) is 5.76. The van der Waals surface area contributed by atoms with Crippen molar-refractivity contribution in [1.29, 1.82) is 0 Å². The van der Waals surface area contributed by atoms with Crippen LogP contribution in [0.5, 0.6) is 5.75 Å². The lowest BCUT2D eigenvalue weighted by Gasteiger charge is -2.33. The Morgan fingerprint density at radius 2 is 1.79 bits per heavy atom. The summed E-state index contributed by atoms with van der Waals surface area (Å²) in [6.45, 7) is 0.300. The van der Waals surface area contributed by atoms with E-state index in [2.05, 4.69) is 5.32 Å². The summed E-state index contributed by atoms with van der Waals surface area (Å²) in [5, 5.41) is 7.19. The SMILES string of the molecule is COc1ccccc1CN(C(=O)Cc1cccs1)[C@@H](C(=O)NC1CCCCC1)c1cccs1. The number of para-hydroxylation sites is 1. The highest BCUT2D eigenvalue weighted by atomic mass is 32.1. The molecule has 1 saturated carbocycles. The lowest BCUT2D eigenvalue weighted by molar-refractivity contribution is -0.141. The van der Waals surface area contributed by atoms with Crippen LogP contribution in [0.3, 0.4) is 0 Å². The summed E-state index contributed by atoms with van der Waals surface area (Å²) in [4.78, 5) is 30.9. The second-order valence-corrected chi connectivity index (χ2v) is 10.4. The summed E-state index contributed by atoms with van der Waals surface area (Å²) in [5.74, 6) is 0.545. The molecule has 1 atom stereocenters. The molecule has 0 spiro atoms. The van der Waals surface area contributed by atoms with Gasteiger partial charge < -0.3 is 15.0 Å². The van der Waals surface area contributed by atoms with Gasteiger partial charge >= 0.3 is 0 Å². The molecule has 0 bridgehead atoms. The van der Waals surface area contributed by atoms with E-state index in [9.17, 15) is 9.59 Å². The largest absolute Gasteiger partial charge is 0.496 e. The third-order valence-corrected chi connectivity index (χ3v) is 7.88. The van der Waals surface area contributed by atoms with Crippen molar-refractivity contribution in [2.75, 3.05) is 7.11 Å². The normalized spacial score (nSPS) is 15.1. The molecule has 2 amide bonds. The van der Waals surface area contributed by atoms with Crippen LogP contribution in [0, 0.1) is 0 Å². The molecule has 0 radical (unpaired) electrons. The molecule has 5 nitrogen and oxygen atoms in total. The number of nitrogens with one attached hydrogen (secondary N) is 1. The molecule has 0 saturated heterocycles. The molecule has 1 aromatic carbocycles. The number of nitrogens with zero attached hydrogens (tertiary/aromatic N) is 1. The maximum absolute atomic E-state index is 13.7. The molecule has 4 rings (SSSR count). The van der Waals surface area contributed by atoms with Crippen LogP contribution in [0.4, 0.5) is 0 Å². The van der Waals surface area contributed by atoms with Crippen LogP contribution < -0.4 is 10.1 Å². The molecule has 7 heteroatoms. The van der Waals surface area contributed by atoms with E-state index >= 15 is 0 Å². The highest BCUT2D eigenvalue weighted by Gasteiger charge is 2.34. The zero-order valence-corrected chi connectivity index (χ0v) is 20.5. The van der Waals surface area contributed by atoms with Crippen molar-refractivity contribution in [3.05, 3.63) is 74.6 Å². The quantitative estimate of drug-likeness (QED) is 0.433. The van der Waals surface area contributed by atoms with Crippen molar-refractivity contribution in [3.63, 3.8) is 0 Å². The van der Waals surface area contributed by atoms with Gasteiger partial charge in [0.05, 0.1) is 20.1 Å². The van der Waals surface area contributed by atoms with Crippen molar-refractivity contribution in [2.24, 2.45) is 0 Å². The topological polar surface area (TPSA) is 58.6 Å². The first-order chi connectivity index (χ1) is 16.2. The number of rotatable bonds is 9. The molecule has 1 N–H and O–H groups in total. The smallest absolute Gasteiger partial charge is 0.248 e. The number of benzene rings is 1. The Kier molecular flexibility index (Phi) is 8.18. The number of carbonyl (C=O) groups excluding carboxylic acids is 2. The second kappa shape index (κ2) is 11.5. The first-order valence-corrected chi connectivity index (χ1v) is 13.2. The Labute approximate surface area is 203 Å². The second-order valence-electron chi connectivity index (χ2n) is 8.35. The van der Waals surface area contributed by atoms with Crippen LogP contribution >= 0.6 is 22.7 Å². The Bertz CT molecular complexity index is 1030. The summed E-state index contributed by atoms with van der Waals surface area (Å²) >= 11 is 3.07. The minimum absolute atomic E-state index is 0.0689. The summed E-state index contributed by atoms with van der Waals surface area (Å²) < 4.78 is 5.55. The molecular weight excluding hydrogens is 452 g/mol. The first-order valence-electron chi connectivity index (χ1n) is 11.4. The monoisotopic (exact) mass is 482 g/mol. The summed E-state index contributed by atoms with van der Waals surface area (Å²) in [6, 6.07) is 15.0. The van der Waals surface area contributed by atoms with Gasteiger partial charge in [0, 0.05) is 21.4 Å². The minimum Gasteiger partial charge on any atom is -0.496 e. The average molecular weight is 483 g/mol. The van der Waals surface area contributed by atoms with Gasteiger partial charge in [0.25, 0.3) is 0 Å². The van der Waals surface area contributed by atoms with Gasteiger partial charge in [-0.3, -0.25) is 9.59 Å². The fraction of sp³-hybridized carbons (Fsp3) is 0.385. The maximum Gasteiger partial charge on any atom is 0.248 e. The van der Waals surface area contributed by atoms with E-state index < -0.39 is 6.04 Å². The number of ether oxygens (including phenoxy) is 1. The van der Waals surface area contributed by atoms with Gasteiger partial charge in [-0.15, -0.1) is 22.7 Å². The van der Waals surface area contributed by atoms with Crippen molar-refractivity contribution in [2.45, 2.75) is 57.2 Å². The van der Waals surface area contributed by atoms with Gasteiger partial charge in [0.1, 0.15) is 11.8 Å². The zero-order chi connectivity index (χ0) is 23.0. The summed E-state index contributed by atoms with van der Waals surface area (Å²) in [5.41, 5.74) is 0.881. The number of carbonyl (C=O) groups is 2. The molecular formula is C26H30N2O3S2. The zero-order valence-electron chi connectivity index (χ0n) is 18.9. The minimum atomic E-state index is -0.677. The fourth-order valence-electron chi connectivity index (χ4n) is 4.40. The predicted molar refractivity (Wildman–Crippen MR) is 134 cm³/mol. The van der Waals surface area contributed by atoms with Gasteiger partial charge in [0.2, 0.25) is 11.8 Å². The number of thiophene rings is 2. The van der Waals surface area contributed by atoms with Crippen LogP contribution in [0.1, 0.15) is 53.5 Å². The third kappa shape index (κ3) is 6.03. The van der Waals surface area contributed by atoms with E-state index in [1.807, 2.05) is 59.3 Å². The van der Waals surface area contributed by atoms with E-state index in [-0.39, 0.29) is 24.3 Å². The highest BCUT2D eigenvalue weighted by molar-refractivity contribution is 7.10. The number of hydrogen-bond donors (Lipinski definition) is 1.